The van der Waals surface area contributed by atoms with Gasteiger partial charge in [0.15, 0.2) is 6.29 Å². The zero-order valence-electron chi connectivity index (χ0n) is 31.8. The molecule has 6 rings (SSSR count). The lowest BCUT2D eigenvalue weighted by molar-refractivity contribution is -0.279. The van der Waals surface area contributed by atoms with Crippen molar-refractivity contribution in [3.8, 4) is 0 Å². The molecule has 306 valence electrons. The zero-order chi connectivity index (χ0) is 41.5. The molecule has 18 nitrogen and oxygen atoms in total. The first-order valence-corrected chi connectivity index (χ1v) is 18.6. The smallest absolute Gasteiger partial charge is 0.260 e. The van der Waals surface area contributed by atoms with Gasteiger partial charge in [-0.1, -0.05) is 48.5 Å². The van der Waals surface area contributed by atoms with Crippen LogP contribution >= 0.6 is 0 Å². The lowest BCUT2D eigenvalue weighted by atomic mass is 9.96. The van der Waals surface area contributed by atoms with Crippen molar-refractivity contribution >= 4 is 52.7 Å². The van der Waals surface area contributed by atoms with Gasteiger partial charge in [-0.05, 0) is 48.7 Å². The summed E-state index contributed by atoms with van der Waals surface area (Å²) in [4.78, 5) is 82.4. The highest BCUT2D eigenvalue weighted by Gasteiger charge is 2.47. The highest BCUT2D eigenvalue weighted by atomic mass is 16.7. The molecule has 0 radical (unpaired) electrons. The molecule has 0 saturated carbocycles. The summed E-state index contributed by atoms with van der Waals surface area (Å²) in [6, 6.07) is 17.9. The van der Waals surface area contributed by atoms with Crippen molar-refractivity contribution in [2.24, 2.45) is 10.7 Å². The molecule has 0 spiro atoms. The van der Waals surface area contributed by atoms with Gasteiger partial charge in [0, 0.05) is 24.6 Å². The third-order valence-corrected chi connectivity index (χ3v) is 9.80. The zero-order valence-corrected chi connectivity index (χ0v) is 31.8. The van der Waals surface area contributed by atoms with Crippen LogP contribution in [0.2, 0.25) is 0 Å². The first-order valence-electron chi connectivity index (χ1n) is 18.6. The number of primary amides is 1. The Kier molecular flexibility index (Phi) is 13.2. The van der Waals surface area contributed by atoms with E-state index in [1.165, 1.54) is 13.8 Å². The number of aliphatic hydroxyl groups is 2. The van der Waals surface area contributed by atoms with E-state index < -0.39 is 85.5 Å². The van der Waals surface area contributed by atoms with Crippen LogP contribution in [0.5, 0.6) is 0 Å². The second kappa shape index (κ2) is 18.5. The number of fused-ring (bicyclic) bond motifs is 4. The number of amides is 6. The number of nitrogens with one attached hydrogen (secondary N) is 4. The second-order valence-electron chi connectivity index (χ2n) is 14.1. The molecule has 0 bridgehead atoms. The maximum absolute atomic E-state index is 13.0. The van der Waals surface area contributed by atoms with Crippen LogP contribution in [0.4, 0.5) is 11.4 Å². The van der Waals surface area contributed by atoms with Gasteiger partial charge in [0.1, 0.15) is 48.9 Å². The Balaban J connectivity index is 0.988. The number of ether oxygens (including phenoxy) is 3. The minimum Gasteiger partial charge on any atom is -0.394 e. The standard InChI is InChI=1S/C40H45N7O11/c1-21(42-32(51)20-56-35-33(43-22(2)49)40(58-30(18-48)34(35)52)57-19-23-8-4-3-5-9-23)38(54)46-29(36(41)53)14-15-31(50)44-25-12-13-28-24(16-25)17-47-37(45-28)26-10-6-7-11-27(26)39(47)55/h3-13,16,21,29-30,33-35,40,48,52H,14-15,17-20H2,1-2H3,(H2,41,53)(H,42,51)(H,43,49)(H,44,50)(H,46,54). The van der Waals surface area contributed by atoms with Gasteiger partial charge in [-0.15, -0.1) is 0 Å². The van der Waals surface area contributed by atoms with Crippen molar-refractivity contribution in [2.45, 2.75) is 82.6 Å². The number of nitrogens with zero attached hydrogens (tertiary/aromatic N) is 2. The molecule has 8 N–H and O–H groups in total. The average Bonchev–Trinajstić information content (AvgIpc) is 3.47. The first-order chi connectivity index (χ1) is 27.8. The number of aliphatic hydroxyl groups excluding tert-OH is 2. The Morgan fingerprint density at radius 1 is 0.983 bits per heavy atom. The molecule has 0 aliphatic carbocycles. The van der Waals surface area contributed by atoms with Crippen molar-refractivity contribution in [2.75, 3.05) is 18.5 Å². The van der Waals surface area contributed by atoms with E-state index in [2.05, 4.69) is 26.3 Å². The predicted molar refractivity (Wildman–Crippen MR) is 206 cm³/mol. The monoisotopic (exact) mass is 799 g/mol. The minimum atomic E-state index is -1.48. The van der Waals surface area contributed by atoms with Crippen molar-refractivity contribution < 1.29 is 53.2 Å². The van der Waals surface area contributed by atoms with Crippen molar-refractivity contribution in [3.63, 3.8) is 0 Å². The van der Waals surface area contributed by atoms with Crippen LogP contribution in [-0.2, 0) is 51.3 Å². The fourth-order valence-electron chi connectivity index (χ4n) is 6.85. The largest absolute Gasteiger partial charge is 0.394 e. The summed E-state index contributed by atoms with van der Waals surface area (Å²) >= 11 is 0. The van der Waals surface area contributed by atoms with Crippen molar-refractivity contribution in [1.29, 1.82) is 0 Å². The number of rotatable bonds is 16. The molecule has 1 saturated heterocycles. The third-order valence-electron chi connectivity index (χ3n) is 9.80. The van der Waals surface area contributed by atoms with Gasteiger partial charge in [0.2, 0.25) is 29.5 Å². The number of hydrogen-bond acceptors (Lipinski definition) is 12. The molecule has 3 aromatic carbocycles. The third kappa shape index (κ3) is 9.72. The molecule has 6 amide bonds. The molecule has 3 aliphatic rings. The van der Waals surface area contributed by atoms with Gasteiger partial charge in [-0.25, -0.2) is 4.99 Å². The van der Waals surface area contributed by atoms with E-state index in [1.807, 2.05) is 42.5 Å². The van der Waals surface area contributed by atoms with Gasteiger partial charge < -0.3 is 51.4 Å². The summed E-state index contributed by atoms with van der Waals surface area (Å²) < 4.78 is 17.4. The summed E-state index contributed by atoms with van der Waals surface area (Å²) in [5, 5.41) is 31.1. The molecule has 3 heterocycles. The van der Waals surface area contributed by atoms with Gasteiger partial charge in [-0.3, -0.25) is 33.7 Å². The second-order valence-corrected chi connectivity index (χ2v) is 14.1. The van der Waals surface area contributed by atoms with Crippen LogP contribution in [0.15, 0.2) is 77.8 Å². The van der Waals surface area contributed by atoms with E-state index in [1.54, 1.807) is 35.2 Å². The van der Waals surface area contributed by atoms with Crippen LogP contribution in [0.1, 0.15) is 53.7 Å². The fourth-order valence-corrected chi connectivity index (χ4v) is 6.85. The lowest BCUT2D eigenvalue weighted by Gasteiger charge is -2.44. The van der Waals surface area contributed by atoms with Crippen molar-refractivity contribution in [1.82, 2.24) is 20.9 Å². The van der Waals surface area contributed by atoms with E-state index in [0.29, 0.717) is 22.8 Å². The maximum Gasteiger partial charge on any atom is 0.260 e. The van der Waals surface area contributed by atoms with Gasteiger partial charge in [0.05, 0.1) is 31.0 Å². The Bertz CT molecular complexity index is 2080. The first kappa shape index (κ1) is 41.6. The Morgan fingerprint density at radius 3 is 2.41 bits per heavy atom. The predicted octanol–water partition coefficient (Wildman–Crippen LogP) is 0.113. The number of nitrogens with two attached hydrogens (primary N) is 1. The molecule has 0 aromatic heterocycles. The van der Waals surface area contributed by atoms with E-state index in [9.17, 15) is 39.0 Å². The van der Waals surface area contributed by atoms with Gasteiger partial charge in [-0.2, -0.15) is 0 Å². The molecule has 18 heteroatoms. The van der Waals surface area contributed by atoms with Crippen LogP contribution in [0.3, 0.4) is 0 Å². The molecular weight excluding hydrogens is 754 g/mol. The number of carbonyl (C=O) groups is 6. The lowest BCUT2D eigenvalue weighted by Crippen LogP contribution is -2.65. The number of benzene rings is 3. The molecule has 7 atom stereocenters. The summed E-state index contributed by atoms with van der Waals surface area (Å²) in [5.41, 5.74) is 9.51. The summed E-state index contributed by atoms with van der Waals surface area (Å²) in [6.45, 7) is 1.63. The van der Waals surface area contributed by atoms with Crippen LogP contribution in [0.25, 0.3) is 0 Å². The molecular formula is C40H45N7O11. The highest BCUT2D eigenvalue weighted by Crippen LogP contribution is 2.35. The quantitative estimate of drug-likeness (QED) is 0.102. The fraction of sp³-hybridized carbons (Fsp3) is 0.375. The number of aliphatic imine (C=N–C) groups is 1. The molecule has 58 heavy (non-hydrogen) atoms. The molecule has 1 fully saturated rings. The van der Waals surface area contributed by atoms with E-state index in [-0.39, 0.29) is 31.9 Å². The Morgan fingerprint density at radius 2 is 1.71 bits per heavy atom. The number of amidine groups is 1. The highest BCUT2D eigenvalue weighted by molar-refractivity contribution is 6.24. The Hall–Kier alpha value is -6.05. The van der Waals surface area contributed by atoms with E-state index >= 15 is 0 Å². The molecule has 7 unspecified atom stereocenters. The van der Waals surface area contributed by atoms with E-state index in [0.717, 1.165) is 16.7 Å². The minimum absolute atomic E-state index is 0.0666. The molecule has 3 aromatic rings. The molecule has 3 aliphatic heterocycles. The number of hydrogen-bond donors (Lipinski definition) is 7. The van der Waals surface area contributed by atoms with Crippen molar-refractivity contribution in [3.05, 3.63) is 95.1 Å². The topological polar surface area (TPSA) is 260 Å². The summed E-state index contributed by atoms with van der Waals surface area (Å²) in [5.74, 6) is -3.00. The SMILES string of the molecule is CC(=O)NC1C(OCc2ccccc2)OC(CO)C(O)C1OCC(=O)NC(C)C(=O)NC(CCC(=O)Nc1ccc2c(c1)CN1C(=O)c3ccccc3C1=N2)C(N)=O. The van der Waals surface area contributed by atoms with Gasteiger partial charge in [0.25, 0.3) is 5.91 Å². The summed E-state index contributed by atoms with van der Waals surface area (Å²) in [6.07, 6.45) is -5.45. The van der Waals surface area contributed by atoms with Gasteiger partial charge >= 0.3 is 0 Å². The van der Waals surface area contributed by atoms with Crippen LogP contribution in [-0.4, -0.2) is 112 Å². The summed E-state index contributed by atoms with van der Waals surface area (Å²) in [7, 11) is 0. The Labute approximate surface area is 333 Å². The number of anilines is 1. The van der Waals surface area contributed by atoms with Crippen LogP contribution < -0.4 is 27.0 Å². The van der Waals surface area contributed by atoms with E-state index in [4.69, 9.17) is 19.9 Å². The normalized spacial score (nSPS) is 21.7. The number of carbonyl (C=O) groups excluding carboxylic acids is 6. The maximum atomic E-state index is 13.0. The van der Waals surface area contributed by atoms with Crippen LogP contribution in [0, 0.1) is 0 Å². The average molecular weight is 800 g/mol.